The summed E-state index contributed by atoms with van der Waals surface area (Å²) in [5, 5.41) is 8.76. The second kappa shape index (κ2) is 4.82. The first-order chi connectivity index (χ1) is 7.86. The molecular formula is C11H11IN4O. The molecule has 1 aromatic carbocycles. The van der Waals surface area contributed by atoms with Gasteiger partial charge in [-0.2, -0.15) is 0 Å². The van der Waals surface area contributed by atoms with Crippen molar-refractivity contribution in [1.82, 2.24) is 15.1 Å². The highest BCUT2D eigenvalue weighted by molar-refractivity contribution is 5.84. The SMILES string of the molecule is O=c1c2ccccc2cnn1C1=[NH+]CCN1.[I-]. The summed E-state index contributed by atoms with van der Waals surface area (Å²) < 4.78 is 1.37. The molecule has 2 heterocycles. The zero-order chi connectivity index (χ0) is 11.0. The molecule has 1 aliphatic heterocycles. The molecule has 0 radical (unpaired) electrons. The third-order valence-corrected chi connectivity index (χ3v) is 2.62. The molecule has 1 aliphatic rings. The van der Waals surface area contributed by atoms with E-state index in [1.165, 1.54) is 4.68 Å². The van der Waals surface area contributed by atoms with Gasteiger partial charge in [-0.25, -0.2) is 4.79 Å². The van der Waals surface area contributed by atoms with Crippen LogP contribution in [0.4, 0.5) is 0 Å². The number of rotatable bonds is 0. The van der Waals surface area contributed by atoms with Crippen molar-refractivity contribution in [1.29, 1.82) is 0 Å². The first kappa shape index (κ1) is 12.0. The van der Waals surface area contributed by atoms with Crippen molar-refractivity contribution in [3.05, 3.63) is 40.8 Å². The highest BCUT2D eigenvalue weighted by Gasteiger charge is 2.19. The van der Waals surface area contributed by atoms with Crippen molar-refractivity contribution < 1.29 is 29.0 Å². The number of fused-ring (bicyclic) bond motifs is 1. The fourth-order valence-corrected chi connectivity index (χ4v) is 1.82. The summed E-state index contributed by atoms with van der Waals surface area (Å²) in [5.41, 5.74) is -0.102. The Hall–Kier alpha value is -1.44. The molecule has 0 unspecified atom stereocenters. The molecule has 2 aromatic rings. The maximum Gasteiger partial charge on any atom is 0.378 e. The van der Waals surface area contributed by atoms with Crippen LogP contribution < -0.4 is 39.8 Å². The van der Waals surface area contributed by atoms with Gasteiger partial charge in [-0.05, 0) is 6.07 Å². The Morgan fingerprint density at radius 1 is 1.35 bits per heavy atom. The molecule has 3 rings (SSSR count). The van der Waals surface area contributed by atoms with Crippen LogP contribution in [0, 0.1) is 0 Å². The molecular weight excluding hydrogens is 331 g/mol. The Morgan fingerprint density at radius 3 is 2.94 bits per heavy atom. The Bertz CT molecular complexity index is 635. The summed E-state index contributed by atoms with van der Waals surface area (Å²) in [5.74, 6) is 0.663. The molecule has 0 fully saturated rings. The van der Waals surface area contributed by atoms with E-state index in [4.69, 9.17) is 0 Å². The molecule has 2 N–H and O–H groups in total. The van der Waals surface area contributed by atoms with Gasteiger partial charge in [0.1, 0.15) is 0 Å². The largest absolute Gasteiger partial charge is 1.00 e. The lowest BCUT2D eigenvalue weighted by Crippen LogP contribution is -3.00. The van der Waals surface area contributed by atoms with Gasteiger partial charge in [0.2, 0.25) is 0 Å². The van der Waals surface area contributed by atoms with Gasteiger partial charge < -0.3 is 24.0 Å². The zero-order valence-electron chi connectivity index (χ0n) is 8.98. The van der Waals surface area contributed by atoms with Gasteiger partial charge in [0.05, 0.1) is 24.7 Å². The maximum atomic E-state index is 12.1. The molecule has 0 saturated carbocycles. The van der Waals surface area contributed by atoms with E-state index < -0.39 is 0 Å². The van der Waals surface area contributed by atoms with Gasteiger partial charge in [-0.3, -0.25) is 10.3 Å². The highest BCUT2D eigenvalue weighted by atomic mass is 127. The second-order valence-electron chi connectivity index (χ2n) is 3.65. The summed E-state index contributed by atoms with van der Waals surface area (Å²) in [6.07, 6.45) is 1.70. The third-order valence-electron chi connectivity index (χ3n) is 2.62. The summed E-state index contributed by atoms with van der Waals surface area (Å²) >= 11 is 0. The van der Waals surface area contributed by atoms with Crippen molar-refractivity contribution in [2.75, 3.05) is 13.1 Å². The third kappa shape index (κ3) is 2.04. The topological polar surface area (TPSA) is 60.9 Å². The van der Waals surface area contributed by atoms with E-state index in [1.807, 2.05) is 24.3 Å². The van der Waals surface area contributed by atoms with Crippen LogP contribution in [0.25, 0.3) is 10.8 Å². The van der Waals surface area contributed by atoms with Crippen LogP contribution >= 0.6 is 0 Å². The Labute approximate surface area is 115 Å². The van der Waals surface area contributed by atoms with Gasteiger partial charge in [-0.15, -0.1) is 5.10 Å². The van der Waals surface area contributed by atoms with Crippen LogP contribution in [0.15, 0.2) is 35.3 Å². The number of hydrogen-bond acceptors (Lipinski definition) is 3. The van der Waals surface area contributed by atoms with Gasteiger partial charge in [-0.1, -0.05) is 22.9 Å². The average Bonchev–Trinajstić information content (AvgIpc) is 2.83. The van der Waals surface area contributed by atoms with Crippen molar-refractivity contribution in [3.63, 3.8) is 0 Å². The minimum Gasteiger partial charge on any atom is -1.00 e. The van der Waals surface area contributed by atoms with Crippen LogP contribution in [0.3, 0.4) is 0 Å². The predicted octanol–water partition coefficient (Wildman–Crippen LogP) is -4.71. The number of aromatic nitrogens is 2. The highest BCUT2D eigenvalue weighted by Crippen LogP contribution is 2.05. The number of nitrogens with zero attached hydrogens (tertiary/aromatic N) is 2. The van der Waals surface area contributed by atoms with Gasteiger partial charge in [0.15, 0.2) is 0 Å². The molecule has 0 atom stereocenters. The summed E-state index contributed by atoms with van der Waals surface area (Å²) in [4.78, 5) is 15.2. The number of hydrogen-bond donors (Lipinski definition) is 2. The Morgan fingerprint density at radius 2 is 2.18 bits per heavy atom. The van der Waals surface area contributed by atoms with E-state index in [9.17, 15) is 4.79 Å². The van der Waals surface area contributed by atoms with Gasteiger partial charge >= 0.3 is 11.5 Å². The minimum atomic E-state index is -0.102. The number of benzene rings is 1. The normalized spacial score (nSPS) is 14.0. The summed E-state index contributed by atoms with van der Waals surface area (Å²) in [6, 6.07) is 7.45. The van der Waals surface area contributed by atoms with Gasteiger partial charge in [0.25, 0.3) is 0 Å². The molecule has 88 valence electrons. The van der Waals surface area contributed by atoms with E-state index in [2.05, 4.69) is 15.4 Å². The zero-order valence-corrected chi connectivity index (χ0v) is 11.1. The predicted molar refractivity (Wildman–Crippen MR) is 60.2 cm³/mol. The van der Waals surface area contributed by atoms with Crippen LogP contribution in [-0.2, 0) is 0 Å². The first-order valence-corrected chi connectivity index (χ1v) is 5.18. The lowest BCUT2D eigenvalue weighted by molar-refractivity contribution is -0.447. The Balaban J connectivity index is 0.00000108. The van der Waals surface area contributed by atoms with Crippen molar-refractivity contribution in [3.8, 4) is 0 Å². The van der Waals surface area contributed by atoms with Crippen molar-refractivity contribution >= 4 is 16.7 Å². The van der Waals surface area contributed by atoms with E-state index in [0.717, 1.165) is 18.5 Å². The molecule has 5 nitrogen and oxygen atoms in total. The molecule has 0 bridgehead atoms. The fourth-order valence-electron chi connectivity index (χ4n) is 1.82. The lowest BCUT2D eigenvalue weighted by atomic mass is 10.2. The lowest BCUT2D eigenvalue weighted by Gasteiger charge is -1.98. The average molecular weight is 342 g/mol. The van der Waals surface area contributed by atoms with Crippen LogP contribution in [-0.4, -0.2) is 28.8 Å². The standard InChI is InChI=1S/C11H10N4O.HI/c16-10-9-4-2-1-3-8(9)7-14-15(10)11-12-5-6-13-11;/h1-4,7H,5-6H2,(H,12,13);1H. The molecule has 0 spiro atoms. The van der Waals surface area contributed by atoms with Crippen LogP contribution in [0.1, 0.15) is 0 Å². The van der Waals surface area contributed by atoms with E-state index in [0.29, 0.717) is 11.3 Å². The van der Waals surface area contributed by atoms with Crippen molar-refractivity contribution in [2.24, 2.45) is 0 Å². The summed E-state index contributed by atoms with van der Waals surface area (Å²) in [6.45, 7) is 1.63. The molecule has 0 amide bonds. The van der Waals surface area contributed by atoms with Crippen LogP contribution in [0.5, 0.6) is 0 Å². The van der Waals surface area contributed by atoms with Crippen molar-refractivity contribution in [2.45, 2.75) is 0 Å². The molecule has 6 heteroatoms. The van der Waals surface area contributed by atoms with E-state index >= 15 is 0 Å². The first-order valence-electron chi connectivity index (χ1n) is 5.18. The Kier molecular flexibility index (Phi) is 3.41. The van der Waals surface area contributed by atoms with E-state index in [-0.39, 0.29) is 29.5 Å². The number of halogens is 1. The molecule has 0 saturated heterocycles. The monoisotopic (exact) mass is 342 g/mol. The van der Waals surface area contributed by atoms with Crippen LogP contribution in [0.2, 0.25) is 0 Å². The minimum absolute atomic E-state index is 0. The molecule has 0 aliphatic carbocycles. The van der Waals surface area contributed by atoms with E-state index in [1.54, 1.807) is 6.20 Å². The smallest absolute Gasteiger partial charge is 0.378 e. The fraction of sp³-hybridized carbons (Fsp3) is 0.182. The second-order valence-corrected chi connectivity index (χ2v) is 3.65. The number of nitrogens with one attached hydrogen (secondary N) is 2. The maximum absolute atomic E-state index is 12.1. The summed E-state index contributed by atoms with van der Waals surface area (Å²) in [7, 11) is 0. The molecule has 1 aromatic heterocycles. The molecule has 17 heavy (non-hydrogen) atoms. The quantitative estimate of drug-likeness (QED) is 0.473. The van der Waals surface area contributed by atoms with Gasteiger partial charge in [0, 0.05) is 5.39 Å².